The third kappa shape index (κ3) is 4.75. The molecule has 0 spiro atoms. The van der Waals surface area contributed by atoms with E-state index in [0.717, 1.165) is 28.3 Å². The number of hydrogen-bond acceptors (Lipinski definition) is 6. The van der Waals surface area contributed by atoms with Crippen molar-refractivity contribution in [3.63, 3.8) is 0 Å². The van der Waals surface area contributed by atoms with Gasteiger partial charge in [0.05, 0.1) is 18.5 Å². The molecule has 0 unspecified atom stereocenters. The van der Waals surface area contributed by atoms with Crippen LogP contribution in [0.25, 0.3) is 16.4 Å². The Hall–Kier alpha value is -3.65. The Labute approximate surface area is 184 Å². The van der Waals surface area contributed by atoms with E-state index in [0.29, 0.717) is 16.7 Å². The van der Waals surface area contributed by atoms with Crippen molar-refractivity contribution in [1.29, 1.82) is 0 Å². The topological polar surface area (TPSA) is 78.3 Å². The van der Waals surface area contributed by atoms with Crippen LogP contribution in [0.5, 0.6) is 11.5 Å². The highest BCUT2D eigenvalue weighted by Gasteiger charge is 2.15. The molecule has 2 aromatic carbocycles. The van der Waals surface area contributed by atoms with E-state index in [9.17, 15) is 4.79 Å². The standard InChI is InChI=1S/C23H22N4O3S/c1-15-7-4-5-10-20(15)30-13-22(28)25-21-11-16(2)26-27(21)23-24-19(14-31-23)17-8-6-9-18(12-17)29-3/h4-12,14H,13H2,1-3H3,(H,25,28). The van der Waals surface area contributed by atoms with Crippen LogP contribution in [0.3, 0.4) is 0 Å². The van der Waals surface area contributed by atoms with E-state index < -0.39 is 0 Å². The lowest BCUT2D eigenvalue weighted by atomic mass is 10.2. The van der Waals surface area contributed by atoms with Crippen LogP contribution in [0.4, 0.5) is 5.82 Å². The molecule has 8 heteroatoms. The summed E-state index contributed by atoms with van der Waals surface area (Å²) < 4.78 is 12.6. The quantitative estimate of drug-likeness (QED) is 0.459. The lowest BCUT2D eigenvalue weighted by Crippen LogP contribution is -2.22. The molecule has 2 aromatic heterocycles. The molecule has 158 valence electrons. The first-order valence-corrected chi connectivity index (χ1v) is 10.6. The predicted octanol–water partition coefficient (Wildman–Crippen LogP) is 4.64. The number of aromatic nitrogens is 3. The summed E-state index contributed by atoms with van der Waals surface area (Å²) in [5, 5.41) is 9.97. The highest BCUT2D eigenvalue weighted by Crippen LogP contribution is 2.28. The fraction of sp³-hybridized carbons (Fsp3) is 0.174. The molecule has 4 rings (SSSR count). The summed E-state index contributed by atoms with van der Waals surface area (Å²) in [6.07, 6.45) is 0. The molecule has 0 saturated heterocycles. The Kier molecular flexibility index (Phi) is 5.99. The van der Waals surface area contributed by atoms with E-state index in [2.05, 4.69) is 10.4 Å². The van der Waals surface area contributed by atoms with E-state index in [1.54, 1.807) is 17.9 Å². The van der Waals surface area contributed by atoms with Gasteiger partial charge in [-0.1, -0.05) is 30.3 Å². The molecule has 0 bridgehead atoms. The largest absolute Gasteiger partial charge is 0.497 e. The molecule has 1 amide bonds. The van der Waals surface area contributed by atoms with Crippen molar-refractivity contribution >= 4 is 23.1 Å². The number of methoxy groups -OCH3 is 1. The third-order valence-corrected chi connectivity index (χ3v) is 5.41. The molecule has 7 nitrogen and oxygen atoms in total. The Morgan fingerprint density at radius 1 is 1.13 bits per heavy atom. The zero-order valence-corrected chi connectivity index (χ0v) is 18.3. The molecule has 1 N–H and O–H groups in total. The molecular formula is C23H22N4O3S. The van der Waals surface area contributed by atoms with Crippen LogP contribution in [0.2, 0.25) is 0 Å². The van der Waals surface area contributed by atoms with Gasteiger partial charge in [0.25, 0.3) is 5.91 Å². The Bertz CT molecular complexity index is 1220. The normalized spacial score (nSPS) is 10.7. The summed E-state index contributed by atoms with van der Waals surface area (Å²) in [6.45, 7) is 3.71. The summed E-state index contributed by atoms with van der Waals surface area (Å²) >= 11 is 1.44. The van der Waals surface area contributed by atoms with Crippen LogP contribution in [-0.2, 0) is 4.79 Å². The summed E-state index contributed by atoms with van der Waals surface area (Å²) in [5.74, 6) is 1.73. The van der Waals surface area contributed by atoms with Gasteiger partial charge < -0.3 is 14.8 Å². The number of ether oxygens (including phenoxy) is 2. The van der Waals surface area contributed by atoms with Gasteiger partial charge in [-0.05, 0) is 37.6 Å². The third-order valence-electron chi connectivity index (χ3n) is 4.59. The van der Waals surface area contributed by atoms with Crippen molar-refractivity contribution in [3.8, 4) is 27.9 Å². The number of nitrogens with one attached hydrogen (secondary N) is 1. The smallest absolute Gasteiger partial charge is 0.263 e. The number of rotatable bonds is 7. The monoisotopic (exact) mass is 434 g/mol. The number of anilines is 1. The average Bonchev–Trinajstić information content (AvgIpc) is 3.40. The number of nitrogens with zero attached hydrogens (tertiary/aromatic N) is 3. The number of benzene rings is 2. The maximum absolute atomic E-state index is 12.5. The zero-order valence-electron chi connectivity index (χ0n) is 17.5. The second-order valence-electron chi connectivity index (χ2n) is 6.93. The van der Waals surface area contributed by atoms with Crippen LogP contribution in [0.1, 0.15) is 11.3 Å². The average molecular weight is 435 g/mol. The molecule has 0 atom stereocenters. The van der Waals surface area contributed by atoms with Crippen molar-refractivity contribution in [2.75, 3.05) is 19.0 Å². The van der Waals surface area contributed by atoms with Crippen LogP contribution in [0.15, 0.2) is 60.0 Å². The number of carbonyl (C=O) groups excluding carboxylic acids is 1. The Balaban J connectivity index is 1.50. The van der Waals surface area contributed by atoms with Gasteiger partial charge in [-0.2, -0.15) is 9.78 Å². The number of carbonyl (C=O) groups is 1. The maximum Gasteiger partial charge on any atom is 0.263 e. The number of amides is 1. The minimum Gasteiger partial charge on any atom is -0.497 e. The van der Waals surface area contributed by atoms with E-state index in [-0.39, 0.29) is 12.5 Å². The number of aryl methyl sites for hydroxylation is 2. The van der Waals surface area contributed by atoms with Crippen molar-refractivity contribution in [1.82, 2.24) is 14.8 Å². The van der Waals surface area contributed by atoms with Gasteiger partial charge in [0, 0.05) is 17.0 Å². The van der Waals surface area contributed by atoms with Crippen molar-refractivity contribution in [2.24, 2.45) is 0 Å². The SMILES string of the molecule is COc1cccc(-c2csc(-n3nc(C)cc3NC(=O)COc3ccccc3C)n2)c1. The first-order valence-electron chi connectivity index (χ1n) is 9.69. The van der Waals surface area contributed by atoms with Crippen LogP contribution >= 0.6 is 11.3 Å². The lowest BCUT2D eigenvalue weighted by molar-refractivity contribution is -0.118. The van der Waals surface area contributed by atoms with Gasteiger partial charge in [0.1, 0.15) is 17.3 Å². The summed E-state index contributed by atoms with van der Waals surface area (Å²) in [4.78, 5) is 17.2. The highest BCUT2D eigenvalue weighted by molar-refractivity contribution is 7.12. The van der Waals surface area contributed by atoms with Gasteiger partial charge in [0.15, 0.2) is 6.61 Å². The molecule has 0 aliphatic carbocycles. The summed E-state index contributed by atoms with van der Waals surface area (Å²) in [6, 6.07) is 17.1. The van der Waals surface area contributed by atoms with Crippen molar-refractivity contribution in [3.05, 3.63) is 71.2 Å². The van der Waals surface area contributed by atoms with E-state index in [1.165, 1.54) is 11.3 Å². The zero-order chi connectivity index (χ0) is 21.8. The summed E-state index contributed by atoms with van der Waals surface area (Å²) in [5.41, 5.74) is 3.51. The van der Waals surface area contributed by atoms with E-state index in [1.807, 2.05) is 67.8 Å². The van der Waals surface area contributed by atoms with Crippen molar-refractivity contribution in [2.45, 2.75) is 13.8 Å². The van der Waals surface area contributed by atoms with E-state index in [4.69, 9.17) is 14.5 Å². The van der Waals surface area contributed by atoms with Gasteiger partial charge >= 0.3 is 0 Å². The molecular weight excluding hydrogens is 412 g/mol. The molecule has 0 radical (unpaired) electrons. The number of thiazole rings is 1. The Morgan fingerprint density at radius 3 is 2.77 bits per heavy atom. The van der Waals surface area contributed by atoms with Crippen LogP contribution < -0.4 is 14.8 Å². The molecule has 4 aromatic rings. The maximum atomic E-state index is 12.5. The molecule has 0 fully saturated rings. The first kappa shape index (κ1) is 20.6. The minimum absolute atomic E-state index is 0.0952. The molecule has 0 saturated carbocycles. The Morgan fingerprint density at radius 2 is 1.97 bits per heavy atom. The van der Waals surface area contributed by atoms with Gasteiger partial charge in [-0.3, -0.25) is 4.79 Å². The lowest BCUT2D eigenvalue weighted by Gasteiger charge is -2.09. The minimum atomic E-state index is -0.269. The van der Waals surface area contributed by atoms with Crippen molar-refractivity contribution < 1.29 is 14.3 Å². The van der Waals surface area contributed by atoms with E-state index >= 15 is 0 Å². The number of para-hydroxylation sites is 1. The molecule has 0 aliphatic heterocycles. The second-order valence-corrected chi connectivity index (χ2v) is 7.77. The fourth-order valence-electron chi connectivity index (χ4n) is 3.05. The van der Waals surface area contributed by atoms with Crippen LogP contribution in [-0.4, -0.2) is 34.4 Å². The summed E-state index contributed by atoms with van der Waals surface area (Å²) in [7, 11) is 1.63. The first-order chi connectivity index (χ1) is 15.0. The molecule has 31 heavy (non-hydrogen) atoms. The van der Waals surface area contributed by atoms with Gasteiger partial charge in [-0.25, -0.2) is 4.98 Å². The highest BCUT2D eigenvalue weighted by atomic mass is 32.1. The van der Waals surface area contributed by atoms with Gasteiger partial charge in [-0.15, -0.1) is 11.3 Å². The predicted molar refractivity (Wildman–Crippen MR) is 121 cm³/mol. The number of hydrogen-bond donors (Lipinski definition) is 1. The second kappa shape index (κ2) is 9.01. The fourth-order valence-corrected chi connectivity index (χ4v) is 3.85. The van der Waals surface area contributed by atoms with Gasteiger partial charge in [0.2, 0.25) is 5.13 Å². The molecule has 2 heterocycles. The molecule has 0 aliphatic rings. The van der Waals surface area contributed by atoms with Crippen LogP contribution in [0, 0.1) is 13.8 Å².